The Morgan fingerprint density at radius 2 is 1.85 bits per heavy atom. The van der Waals surface area contributed by atoms with Gasteiger partial charge in [0.05, 0.1) is 14.2 Å². The van der Waals surface area contributed by atoms with Gasteiger partial charge in [0, 0.05) is 18.4 Å². The van der Waals surface area contributed by atoms with E-state index in [9.17, 15) is 9.59 Å². The average Bonchev–Trinajstić information content (AvgIpc) is 2.45. The molecular formula is C16H22O4. The van der Waals surface area contributed by atoms with Gasteiger partial charge in [-0.1, -0.05) is 13.8 Å². The second kappa shape index (κ2) is 7.68. The van der Waals surface area contributed by atoms with Crippen LogP contribution in [0, 0.1) is 0 Å². The highest BCUT2D eigenvalue weighted by Gasteiger charge is 2.13. The lowest BCUT2D eigenvalue weighted by molar-refractivity contribution is -0.140. The lowest BCUT2D eigenvalue weighted by Gasteiger charge is -2.13. The molecule has 20 heavy (non-hydrogen) atoms. The largest absolute Gasteiger partial charge is 0.496 e. The van der Waals surface area contributed by atoms with Gasteiger partial charge in [-0.25, -0.2) is 0 Å². The van der Waals surface area contributed by atoms with Crippen LogP contribution in [0.5, 0.6) is 5.75 Å². The SMILES string of the molecule is COC(=O)CCCC(=O)c1ccc(OC)c(C(C)C)c1. The Kier molecular flexibility index (Phi) is 6.22. The Balaban J connectivity index is 2.73. The van der Waals surface area contributed by atoms with E-state index in [1.165, 1.54) is 7.11 Å². The predicted octanol–water partition coefficient (Wildman–Crippen LogP) is 3.34. The van der Waals surface area contributed by atoms with Crippen molar-refractivity contribution in [2.75, 3.05) is 14.2 Å². The number of Topliss-reactive ketones (excluding diaryl/α,β-unsaturated/α-hetero) is 1. The number of ketones is 1. The fraction of sp³-hybridized carbons (Fsp3) is 0.500. The van der Waals surface area contributed by atoms with Crippen LogP contribution in [-0.2, 0) is 9.53 Å². The zero-order valence-electron chi connectivity index (χ0n) is 12.6. The van der Waals surface area contributed by atoms with Gasteiger partial charge in [-0.15, -0.1) is 0 Å². The molecule has 0 radical (unpaired) electrons. The highest BCUT2D eigenvalue weighted by Crippen LogP contribution is 2.27. The minimum atomic E-state index is -0.282. The van der Waals surface area contributed by atoms with E-state index in [0.29, 0.717) is 18.4 Å². The van der Waals surface area contributed by atoms with Crippen molar-refractivity contribution in [3.05, 3.63) is 29.3 Å². The maximum atomic E-state index is 12.1. The van der Waals surface area contributed by atoms with Crippen LogP contribution in [0.4, 0.5) is 0 Å². The standard InChI is InChI=1S/C16H22O4/c1-11(2)13-10-12(8-9-15(13)19-3)14(17)6-5-7-16(18)20-4/h8-11H,5-7H2,1-4H3. The summed E-state index contributed by atoms with van der Waals surface area (Å²) in [6, 6.07) is 5.47. The number of esters is 1. The van der Waals surface area contributed by atoms with Crippen LogP contribution < -0.4 is 4.74 Å². The first-order valence-electron chi connectivity index (χ1n) is 6.77. The number of carbonyl (C=O) groups is 2. The maximum Gasteiger partial charge on any atom is 0.305 e. The third-order valence-corrected chi connectivity index (χ3v) is 3.19. The van der Waals surface area contributed by atoms with Gasteiger partial charge in [0.1, 0.15) is 5.75 Å². The molecule has 0 heterocycles. The predicted molar refractivity (Wildman–Crippen MR) is 77.3 cm³/mol. The normalized spacial score (nSPS) is 10.4. The van der Waals surface area contributed by atoms with Crippen molar-refractivity contribution in [3.63, 3.8) is 0 Å². The highest BCUT2D eigenvalue weighted by molar-refractivity contribution is 5.96. The van der Waals surface area contributed by atoms with E-state index in [2.05, 4.69) is 18.6 Å². The lowest BCUT2D eigenvalue weighted by atomic mass is 9.96. The summed E-state index contributed by atoms with van der Waals surface area (Å²) in [5.41, 5.74) is 1.69. The summed E-state index contributed by atoms with van der Waals surface area (Å²) in [6.45, 7) is 4.12. The molecule has 0 fully saturated rings. The van der Waals surface area contributed by atoms with Crippen molar-refractivity contribution in [1.82, 2.24) is 0 Å². The van der Waals surface area contributed by atoms with Crippen molar-refractivity contribution >= 4 is 11.8 Å². The Morgan fingerprint density at radius 3 is 2.40 bits per heavy atom. The topological polar surface area (TPSA) is 52.6 Å². The van der Waals surface area contributed by atoms with Gasteiger partial charge in [0.25, 0.3) is 0 Å². The molecule has 0 saturated heterocycles. The van der Waals surface area contributed by atoms with Crippen molar-refractivity contribution < 1.29 is 19.1 Å². The lowest BCUT2D eigenvalue weighted by Crippen LogP contribution is -2.05. The van der Waals surface area contributed by atoms with E-state index in [0.717, 1.165) is 11.3 Å². The molecule has 0 bridgehead atoms. The summed E-state index contributed by atoms with van der Waals surface area (Å²) in [5, 5.41) is 0. The number of rotatable bonds is 7. The van der Waals surface area contributed by atoms with Gasteiger partial charge in [-0.05, 0) is 36.1 Å². The monoisotopic (exact) mass is 278 g/mol. The van der Waals surface area contributed by atoms with Crippen LogP contribution in [0.2, 0.25) is 0 Å². The molecule has 0 spiro atoms. The van der Waals surface area contributed by atoms with Gasteiger partial charge in [0.2, 0.25) is 0 Å². The molecule has 4 nitrogen and oxygen atoms in total. The minimum absolute atomic E-state index is 0.0402. The quantitative estimate of drug-likeness (QED) is 0.567. The fourth-order valence-corrected chi connectivity index (χ4v) is 2.00. The smallest absolute Gasteiger partial charge is 0.305 e. The van der Waals surface area contributed by atoms with E-state index in [4.69, 9.17) is 4.74 Å². The third-order valence-electron chi connectivity index (χ3n) is 3.19. The van der Waals surface area contributed by atoms with Crippen molar-refractivity contribution in [1.29, 1.82) is 0 Å². The van der Waals surface area contributed by atoms with Crippen molar-refractivity contribution in [2.45, 2.75) is 39.0 Å². The summed E-state index contributed by atoms with van der Waals surface area (Å²) >= 11 is 0. The Labute approximate surface area is 120 Å². The number of benzene rings is 1. The minimum Gasteiger partial charge on any atom is -0.496 e. The zero-order chi connectivity index (χ0) is 15.1. The average molecular weight is 278 g/mol. The summed E-state index contributed by atoms with van der Waals surface area (Å²) in [7, 11) is 2.97. The first-order chi connectivity index (χ1) is 9.49. The molecule has 4 heteroatoms. The van der Waals surface area contributed by atoms with Crippen LogP contribution in [0.25, 0.3) is 0 Å². The van der Waals surface area contributed by atoms with Crippen molar-refractivity contribution in [2.24, 2.45) is 0 Å². The maximum absolute atomic E-state index is 12.1. The summed E-state index contributed by atoms with van der Waals surface area (Å²) in [6.07, 6.45) is 1.13. The van der Waals surface area contributed by atoms with E-state index in [1.807, 2.05) is 12.1 Å². The van der Waals surface area contributed by atoms with Gasteiger partial charge < -0.3 is 9.47 Å². The van der Waals surface area contributed by atoms with Gasteiger partial charge in [-0.2, -0.15) is 0 Å². The molecule has 0 N–H and O–H groups in total. The van der Waals surface area contributed by atoms with Crippen LogP contribution in [-0.4, -0.2) is 26.0 Å². The molecule has 1 aromatic rings. The van der Waals surface area contributed by atoms with Gasteiger partial charge in [0.15, 0.2) is 5.78 Å². The Bertz CT molecular complexity index is 477. The fourth-order valence-electron chi connectivity index (χ4n) is 2.00. The molecule has 1 aromatic carbocycles. The molecule has 0 saturated carbocycles. The first-order valence-corrected chi connectivity index (χ1v) is 6.77. The van der Waals surface area contributed by atoms with E-state index in [-0.39, 0.29) is 24.1 Å². The highest BCUT2D eigenvalue weighted by atomic mass is 16.5. The Hall–Kier alpha value is -1.84. The van der Waals surface area contributed by atoms with E-state index >= 15 is 0 Å². The first kappa shape index (κ1) is 16.2. The van der Waals surface area contributed by atoms with Crippen LogP contribution in [0.3, 0.4) is 0 Å². The molecule has 0 unspecified atom stereocenters. The summed E-state index contributed by atoms with van der Waals surface area (Å²) < 4.78 is 9.85. The van der Waals surface area contributed by atoms with Crippen LogP contribution in [0.1, 0.15) is 54.9 Å². The number of hydrogen-bond donors (Lipinski definition) is 0. The van der Waals surface area contributed by atoms with E-state index < -0.39 is 0 Å². The number of carbonyl (C=O) groups excluding carboxylic acids is 2. The third kappa shape index (κ3) is 4.37. The van der Waals surface area contributed by atoms with Gasteiger partial charge in [-0.3, -0.25) is 9.59 Å². The zero-order valence-corrected chi connectivity index (χ0v) is 12.6. The molecular weight excluding hydrogens is 256 g/mol. The van der Waals surface area contributed by atoms with Crippen LogP contribution in [0.15, 0.2) is 18.2 Å². The van der Waals surface area contributed by atoms with Crippen LogP contribution >= 0.6 is 0 Å². The van der Waals surface area contributed by atoms with Gasteiger partial charge >= 0.3 is 5.97 Å². The number of hydrogen-bond acceptors (Lipinski definition) is 4. The second-order valence-corrected chi connectivity index (χ2v) is 4.96. The molecule has 0 aliphatic rings. The summed E-state index contributed by atoms with van der Waals surface area (Å²) in [5.74, 6) is 0.840. The molecule has 0 aromatic heterocycles. The summed E-state index contributed by atoms with van der Waals surface area (Å²) in [4.78, 5) is 23.1. The molecule has 0 atom stereocenters. The molecule has 1 rings (SSSR count). The van der Waals surface area contributed by atoms with Crippen molar-refractivity contribution in [3.8, 4) is 5.75 Å². The molecule has 0 amide bonds. The molecule has 0 aliphatic carbocycles. The Morgan fingerprint density at radius 1 is 1.15 bits per heavy atom. The number of methoxy groups -OCH3 is 2. The second-order valence-electron chi connectivity index (χ2n) is 4.96. The number of ether oxygens (including phenoxy) is 2. The molecule has 0 aliphatic heterocycles. The van der Waals surface area contributed by atoms with E-state index in [1.54, 1.807) is 13.2 Å². The molecule has 110 valence electrons.